The van der Waals surface area contributed by atoms with Gasteiger partial charge in [-0.05, 0) is 43.7 Å². The maximum atomic E-state index is 11.8. The normalized spacial score (nSPS) is 22.2. The lowest BCUT2D eigenvalue weighted by Crippen LogP contribution is -2.39. The fourth-order valence-electron chi connectivity index (χ4n) is 2.53. The standard InChI is InChI=1S/C16H22ClN3O2/c1-11-5-7-14(8-6-11)19-15(21)10-22-20-16(18)12-3-2-4-13(17)9-12/h2-4,9,11,14H,5-8,10H2,1H3,(H2,18,20)(H,19,21). The number of rotatable bonds is 5. The molecule has 0 atom stereocenters. The molecule has 0 aromatic heterocycles. The van der Waals surface area contributed by atoms with Gasteiger partial charge in [0.05, 0.1) is 0 Å². The van der Waals surface area contributed by atoms with Crippen LogP contribution in [0.5, 0.6) is 0 Å². The first-order valence-electron chi connectivity index (χ1n) is 7.55. The Morgan fingerprint density at radius 3 is 2.82 bits per heavy atom. The molecule has 6 heteroatoms. The highest BCUT2D eigenvalue weighted by Gasteiger charge is 2.19. The molecule has 0 radical (unpaired) electrons. The largest absolute Gasteiger partial charge is 0.384 e. The van der Waals surface area contributed by atoms with Gasteiger partial charge in [0.2, 0.25) is 0 Å². The summed E-state index contributed by atoms with van der Waals surface area (Å²) in [6.45, 7) is 2.11. The van der Waals surface area contributed by atoms with E-state index in [0.29, 0.717) is 10.6 Å². The topological polar surface area (TPSA) is 76.7 Å². The van der Waals surface area contributed by atoms with E-state index in [0.717, 1.165) is 31.6 Å². The molecule has 0 aliphatic heterocycles. The van der Waals surface area contributed by atoms with Crippen molar-refractivity contribution in [2.75, 3.05) is 6.61 Å². The molecule has 1 amide bonds. The van der Waals surface area contributed by atoms with Crippen LogP contribution < -0.4 is 11.1 Å². The molecule has 0 heterocycles. The summed E-state index contributed by atoms with van der Waals surface area (Å²) in [5.74, 6) is 0.787. The second kappa shape index (κ2) is 8.03. The fourth-order valence-corrected chi connectivity index (χ4v) is 2.72. The molecule has 1 aliphatic carbocycles. The van der Waals surface area contributed by atoms with Crippen LogP contribution in [-0.2, 0) is 9.63 Å². The summed E-state index contributed by atoms with van der Waals surface area (Å²) in [5, 5.41) is 7.29. The average Bonchev–Trinajstić information content (AvgIpc) is 2.49. The van der Waals surface area contributed by atoms with Gasteiger partial charge >= 0.3 is 0 Å². The quantitative estimate of drug-likeness (QED) is 0.497. The van der Waals surface area contributed by atoms with E-state index in [1.54, 1.807) is 24.3 Å². The molecular formula is C16H22ClN3O2. The van der Waals surface area contributed by atoms with Crippen LogP contribution in [0.2, 0.25) is 5.02 Å². The van der Waals surface area contributed by atoms with Gasteiger partial charge in [0.15, 0.2) is 12.4 Å². The van der Waals surface area contributed by atoms with Crippen LogP contribution in [0, 0.1) is 5.92 Å². The van der Waals surface area contributed by atoms with Crippen molar-refractivity contribution in [2.24, 2.45) is 16.8 Å². The van der Waals surface area contributed by atoms with Crippen molar-refractivity contribution in [1.82, 2.24) is 5.32 Å². The van der Waals surface area contributed by atoms with Gasteiger partial charge in [-0.2, -0.15) is 0 Å². The van der Waals surface area contributed by atoms with Crippen LogP contribution in [0.4, 0.5) is 0 Å². The highest BCUT2D eigenvalue weighted by atomic mass is 35.5. The van der Waals surface area contributed by atoms with Crippen molar-refractivity contribution in [1.29, 1.82) is 0 Å². The molecule has 0 spiro atoms. The lowest BCUT2D eigenvalue weighted by molar-refractivity contribution is -0.126. The molecule has 0 unspecified atom stereocenters. The Labute approximate surface area is 135 Å². The lowest BCUT2D eigenvalue weighted by Gasteiger charge is -2.26. The van der Waals surface area contributed by atoms with Gasteiger partial charge in [-0.1, -0.05) is 35.8 Å². The molecule has 0 bridgehead atoms. The zero-order chi connectivity index (χ0) is 15.9. The van der Waals surface area contributed by atoms with E-state index in [4.69, 9.17) is 22.2 Å². The van der Waals surface area contributed by atoms with E-state index in [-0.39, 0.29) is 24.4 Å². The van der Waals surface area contributed by atoms with Crippen LogP contribution in [-0.4, -0.2) is 24.4 Å². The second-order valence-electron chi connectivity index (χ2n) is 5.78. The third kappa shape index (κ3) is 5.22. The molecule has 120 valence electrons. The Morgan fingerprint density at radius 1 is 1.41 bits per heavy atom. The minimum absolute atomic E-state index is 0.132. The van der Waals surface area contributed by atoms with E-state index in [1.807, 2.05) is 0 Å². The van der Waals surface area contributed by atoms with E-state index in [9.17, 15) is 4.79 Å². The number of nitrogens with zero attached hydrogens (tertiary/aromatic N) is 1. The predicted molar refractivity (Wildman–Crippen MR) is 87.7 cm³/mol. The Morgan fingerprint density at radius 2 is 2.14 bits per heavy atom. The summed E-state index contributed by atoms with van der Waals surface area (Å²) in [4.78, 5) is 16.8. The van der Waals surface area contributed by atoms with Crippen LogP contribution in [0.3, 0.4) is 0 Å². The Balaban J connectivity index is 1.75. The number of halogens is 1. The van der Waals surface area contributed by atoms with E-state index < -0.39 is 0 Å². The molecule has 1 fully saturated rings. The predicted octanol–water partition coefficient (Wildman–Crippen LogP) is 2.67. The van der Waals surface area contributed by atoms with Crippen LogP contribution in [0.25, 0.3) is 0 Å². The van der Waals surface area contributed by atoms with Gasteiger partial charge in [-0.3, -0.25) is 4.79 Å². The molecular weight excluding hydrogens is 302 g/mol. The van der Waals surface area contributed by atoms with Gasteiger partial charge in [-0.15, -0.1) is 0 Å². The number of nitrogens with one attached hydrogen (secondary N) is 1. The van der Waals surface area contributed by atoms with E-state index in [2.05, 4.69) is 17.4 Å². The molecule has 1 saturated carbocycles. The first kappa shape index (κ1) is 16.6. The maximum absolute atomic E-state index is 11.8. The third-order valence-corrected chi connectivity index (χ3v) is 4.09. The zero-order valence-corrected chi connectivity index (χ0v) is 13.5. The Bertz CT molecular complexity index is 540. The molecule has 2 rings (SSSR count). The molecule has 1 aromatic carbocycles. The minimum atomic E-state index is -0.165. The maximum Gasteiger partial charge on any atom is 0.260 e. The molecule has 1 aliphatic rings. The summed E-state index contributed by atoms with van der Waals surface area (Å²) >= 11 is 5.88. The summed E-state index contributed by atoms with van der Waals surface area (Å²) < 4.78 is 0. The molecule has 3 N–H and O–H groups in total. The number of amidine groups is 1. The van der Waals surface area contributed by atoms with Crippen LogP contribution >= 0.6 is 11.6 Å². The van der Waals surface area contributed by atoms with Crippen molar-refractivity contribution in [3.05, 3.63) is 34.9 Å². The minimum Gasteiger partial charge on any atom is -0.384 e. The fraction of sp³-hybridized carbons (Fsp3) is 0.500. The summed E-state index contributed by atoms with van der Waals surface area (Å²) in [5.41, 5.74) is 6.45. The van der Waals surface area contributed by atoms with Crippen LogP contribution in [0.15, 0.2) is 29.4 Å². The van der Waals surface area contributed by atoms with Gasteiger partial charge in [0.1, 0.15) is 0 Å². The third-order valence-electron chi connectivity index (χ3n) is 3.86. The van der Waals surface area contributed by atoms with E-state index in [1.165, 1.54) is 0 Å². The summed E-state index contributed by atoms with van der Waals surface area (Å²) in [6, 6.07) is 7.24. The van der Waals surface area contributed by atoms with Gasteiger partial charge in [0, 0.05) is 16.6 Å². The average molecular weight is 324 g/mol. The number of benzene rings is 1. The van der Waals surface area contributed by atoms with Crippen molar-refractivity contribution < 1.29 is 9.63 Å². The first-order valence-corrected chi connectivity index (χ1v) is 7.93. The highest BCUT2D eigenvalue weighted by Crippen LogP contribution is 2.23. The number of oxime groups is 1. The number of hydrogen-bond donors (Lipinski definition) is 2. The number of carbonyl (C=O) groups excluding carboxylic acids is 1. The summed E-state index contributed by atoms with van der Waals surface area (Å²) in [6.07, 6.45) is 4.37. The highest BCUT2D eigenvalue weighted by molar-refractivity contribution is 6.31. The van der Waals surface area contributed by atoms with Crippen LogP contribution in [0.1, 0.15) is 38.2 Å². The lowest BCUT2D eigenvalue weighted by atomic mass is 9.87. The molecule has 22 heavy (non-hydrogen) atoms. The Kier molecular flexibility index (Phi) is 6.07. The van der Waals surface area contributed by atoms with Gasteiger partial charge < -0.3 is 15.9 Å². The van der Waals surface area contributed by atoms with Crippen molar-refractivity contribution in [3.8, 4) is 0 Å². The number of amides is 1. The van der Waals surface area contributed by atoms with E-state index >= 15 is 0 Å². The molecule has 0 saturated heterocycles. The number of nitrogens with two attached hydrogens (primary N) is 1. The van der Waals surface area contributed by atoms with Gasteiger partial charge in [0.25, 0.3) is 5.91 Å². The first-order chi connectivity index (χ1) is 10.5. The van der Waals surface area contributed by atoms with Crippen molar-refractivity contribution >= 4 is 23.3 Å². The summed E-state index contributed by atoms with van der Waals surface area (Å²) in [7, 11) is 0. The van der Waals surface area contributed by atoms with Crippen molar-refractivity contribution in [2.45, 2.75) is 38.6 Å². The number of hydrogen-bond acceptors (Lipinski definition) is 3. The zero-order valence-electron chi connectivity index (χ0n) is 12.7. The monoisotopic (exact) mass is 323 g/mol. The van der Waals surface area contributed by atoms with Crippen molar-refractivity contribution in [3.63, 3.8) is 0 Å². The SMILES string of the molecule is CC1CCC(NC(=O)CO/N=C(\N)c2cccc(Cl)c2)CC1. The number of carbonyl (C=O) groups is 1. The Hall–Kier alpha value is -1.75. The van der Waals surface area contributed by atoms with Gasteiger partial charge in [-0.25, -0.2) is 0 Å². The second-order valence-corrected chi connectivity index (χ2v) is 6.22. The smallest absolute Gasteiger partial charge is 0.260 e. The molecule has 1 aromatic rings. The molecule has 5 nitrogen and oxygen atoms in total.